The average molecular weight is 239 g/mol. The van der Waals surface area contributed by atoms with Crippen LogP contribution in [0.15, 0.2) is 24.3 Å². The van der Waals surface area contributed by atoms with Crippen molar-refractivity contribution in [2.45, 2.75) is 24.1 Å². The maximum Gasteiger partial charge on any atom is 0.212 e. The van der Waals surface area contributed by atoms with Crippen LogP contribution in [0.2, 0.25) is 0 Å². The minimum absolute atomic E-state index is 0.0756. The van der Waals surface area contributed by atoms with Crippen molar-refractivity contribution in [2.75, 3.05) is 0 Å². The molecule has 2 rings (SSSR count). The lowest BCUT2D eigenvalue weighted by Gasteiger charge is -2.09. The Labute approximate surface area is 99.2 Å². The molecule has 80 valence electrons. The third kappa shape index (κ3) is 2.38. The molecule has 0 radical (unpaired) electrons. The summed E-state index contributed by atoms with van der Waals surface area (Å²) in [5.41, 5.74) is 2.32. The van der Waals surface area contributed by atoms with E-state index in [1.807, 2.05) is 12.1 Å². The molecule has 0 aliphatic carbocycles. The Morgan fingerprint density at radius 3 is 2.53 bits per heavy atom. The standard InChI is InChI=1S/C11H13NOS2/c1-2-7-3-5-8(6-4-7)9-10(13)15-11(14)12-9/h3-6,9,11-12,14H,2H2,1H3. The van der Waals surface area contributed by atoms with Crippen LogP contribution < -0.4 is 5.32 Å². The first-order valence-corrected chi connectivity index (χ1v) is 6.33. The van der Waals surface area contributed by atoms with E-state index in [9.17, 15) is 4.79 Å². The fourth-order valence-corrected chi connectivity index (χ4v) is 2.83. The molecule has 1 aliphatic rings. The third-order valence-corrected chi connectivity index (χ3v) is 3.79. The molecular weight excluding hydrogens is 226 g/mol. The van der Waals surface area contributed by atoms with Crippen LogP contribution >= 0.6 is 24.4 Å². The number of thioether (sulfide) groups is 1. The van der Waals surface area contributed by atoms with Gasteiger partial charge < -0.3 is 0 Å². The number of rotatable bonds is 2. The van der Waals surface area contributed by atoms with Gasteiger partial charge in [-0.05, 0) is 17.5 Å². The van der Waals surface area contributed by atoms with Crippen LogP contribution in [0.4, 0.5) is 0 Å². The molecule has 1 saturated heterocycles. The molecule has 0 amide bonds. The molecule has 1 aromatic carbocycles. The molecule has 1 N–H and O–H groups in total. The maximum atomic E-state index is 11.6. The minimum Gasteiger partial charge on any atom is -0.285 e. The molecule has 0 saturated carbocycles. The second-order valence-electron chi connectivity index (χ2n) is 3.48. The Morgan fingerprint density at radius 2 is 2.07 bits per heavy atom. The molecule has 2 unspecified atom stereocenters. The Hall–Kier alpha value is -0.450. The summed E-state index contributed by atoms with van der Waals surface area (Å²) in [6, 6.07) is 7.98. The average Bonchev–Trinajstić information content (AvgIpc) is 2.58. The molecule has 1 aromatic rings. The van der Waals surface area contributed by atoms with Gasteiger partial charge in [-0.3, -0.25) is 10.1 Å². The predicted molar refractivity (Wildman–Crippen MR) is 67.1 cm³/mol. The fourth-order valence-electron chi connectivity index (χ4n) is 1.60. The van der Waals surface area contributed by atoms with E-state index in [1.165, 1.54) is 17.3 Å². The van der Waals surface area contributed by atoms with Crippen molar-refractivity contribution in [1.82, 2.24) is 5.32 Å². The van der Waals surface area contributed by atoms with Gasteiger partial charge in [0.25, 0.3) is 0 Å². The highest BCUT2D eigenvalue weighted by Crippen LogP contribution is 2.32. The summed E-state index contributed by atoms with van der Waals surface area (Å²) < 4.78 is -0.0756. The lowest BCUT2D eigenvalue weighted by atomic mass is 10.0. The summed E-state index contributed by atoms with van der Waals surface area (Å²) >= 11 is 5.48. The lowest BCUT2D eigenvalue weighted by Crippen LogP contribution is -2.21. The highest BCUT2D eigenvalue weighted by molar-refractivity contribution is 8.21. The molecule has 4 heteroatoms. The number of nitrogens with one attached hydrogen (secondary N) is 1. The minimum atomic E-state index is -0.191. The first-order chi connectivity index (χ1) is 7.20. The molecule has 0 aromatic heterocycles. The van der Waals surface area contributed by atoms with Crippen molar-refractivity contribution in [2.24, 2.45) is 0 Å². The highest BCUT2D eigenvalue weighted by atomic mass is 32.2. The van der Waals surface area contributed by atoms with Gasteiger partial charge in [-0.1, -0.05) is 43.0 Å². The van der Waals surface area contributed by atoms with Gasteiger partial charge in [0.1, 0.15) is 10.7 Å². The van der Waals surface area contributed by atoms with E-state index in [1.54, 1.807) is 0 Å². The maximum absolute atomic E-state index is 11.6. The third-order valence-electron chi connectivity index (χ3n) is 2.49. The lowest BCUT2D eigenvalue weighted by molar-refractivity contribution is -0.112. The second kappa shape index (κ2) is 4.60. The van der Waals surface area contributed by atoms with E-state index in [0.29, 0.717) is 0 Å². The number of hydrogen-bond acceptors (Lipinski definition) is 4. The van der Waals surface area contributed by atoms with E-state index in [4.69, 9.17) is 0 Å². The Morgan fingerprint density at radius 1 is 1.40 bits per heavy atom. The fraction of sp³-hybridized carbons (Fsp3) is 0.364. The van der Waals surface area contributed by atoms with Crippen LogP contribution in [0.25, 0.3) is 0 Å². The van der Waals surface area contributed by atoms with Crippen molar-refractivity contribution < 1.29 is 4.79 Å². The van der Waals surface area contributed by atoms with Crippen LogP contribution in [-0.4, -0.2) is 9.82 Å². The van der Waals surface area contributed by atoms with Gasteiger partial charge in [0.15, 0.2) is 0 Å². The number of benzene rings is 1. The van der Waals surface area contributed by atoms with Gasteiger partial charge in [0, 0.05) is 0 Å². The summed E-state index contributed by atoms with van der Waals surface area (Å²) in [4.78, 5) is 11.6. The highest BCUT2D eigenvalue weighted by Gasteiger charge is 2.31. The second-order valence-corrected chi connectivity index (χ2v) is 5.46. The summed E-state index contributed by atoms with van der Waals surface area (Å²) in [5, 5.41) is 3.29. The monoisotopic (exact) mass is 239 g/mol. The van der Waals surface area contributed by atoms with Gasteiger partial charge in [-0.15, -0.1) is 12.6 Å². The molecule has 0 spiro atoms. The van der Waals surface area contributed by atoms with Crippen molar-refractivity contribution in [3.05, 3.63) is 35.4 Å². The zero-order valence-corrected chi connectivity index (χ0v) is 10.1. The molecule has 0 bridgehead atoms. The summed E-state index contributed by atoms with van der Waals surface area (Å²) in [7, 11) is 0. The number of thiol groups is 1. The summed E-state index contributed by atoms with van der Waals surface area (Å²) in [5.74, 6) is 0. The smallest absolute Gasteiger partial charge is 0.212 e. The quantitative estimate of drug-likeness (QED) is 0.776. The molecule has 2 atom stereocenters. The van der Waals surface area contributed by atoms with Crippen LogP contribution in [-0.2, 0) is 11.2 Å². The predicted octanol–water partition coefficient (Wildman–Crippen LogP) is 2.37. The van der Waals surface area contributed by atoms with E-state index in [0.717, 1.165) is 12.0 Å². The SMILES string of the molecule is CCc1ccc(C2NC(S)SC2=O)cc1. The van der Waals surface area contributed by atoms with Crippen LogP contribution in [0.1, 0.15) is 24.1 Å². The Bertz CT molecular complexity index is 363. The van der Waals surface area contributed by atoms with Gasteiger partial charge in [0.05, 0.1) is 0 Å². The van der Waals surface area contributed by atoms with Gasteiger partial charge in [-0.25, -0.2) is 0 Å². The van der Waals surface area contributed by atoms with Crippen LogP contribution in [0.5, 0.6) is 0 Å². The first-order valence-electron chi connectivity index (χ1n) is 4.94. The van der Waals surface area contributed by atoms with E-state index < -0.39 is 0 Å². The van der Waals surface area contributed by atoms with Crippen molar-refractivity contribution in [3.8, 4) is 0 Å². The topological polar surface area (TPSA) is 29.1 Å². The molecule has 1 aliphatic heterocycles. The van der Waals surface area contributed by atoms with Gasteiger partial charge >= 0.3 is 0 Å². The normalized spacial score (nSPS) is 25.9. The molecule has 2 nitrogen and oxygen atoms in total. The number of carbonyl (C=O) groups excluding carboxylic acids is 1. The van der Waals surface area contributed by atoms with Gasteiger partial charge in [0.2, 0.25) is 5.12 Å². The van der Waals surface area contributed by atoms with Crippen molar-refractivity contribution in [3.63, 3.8) is 0 Å². The number of aryl methyl sites for hydroxylation is 1. The van der Waals surface area contributed by atoms with Crippen LogP contribution in [0.3, 0.4) is 0 Å². The Balaban J connectivity index is 2.19. The number of carbonyl (C=O) groups is 1. The van der Waals surface area contributed by atoms with Gasteiger partial charge in [-0.2, -0.15) is 0 Å². The zero-order valence-electron chi connectivity index (χ0n) is 8.43. The van der Waals surface area contributed by atoms with Crippen LogP contribution in [0, 0.1) is 0 Å². The molecule has 15 heavy (non-hydrogen) atoms. The van der Waals surface area contributed by atoms with E-state index in [2.05, 4.69) is 37.0 Å². The first kappa shape index (κ1) is 11.0. The van der Waals surface area contributed by atoms with E-state index >= 15 is 0 Å². The summed E-state index contributed by atoms with van der Waals surface area (Å²) in [6.45, 7) is 2.12. The molecule has 1 fully saturated rings. The largest absolute Gasteiger partial charge is 0.285 e. The van der Waals surface area contributed by atoms with E-state index in [-0.39, 0.29) is 15.9 Å². The molecular formula is C11H13NOS2. The molecule has 1 heterocycles. The van der Waals surface area contributed by atoms with Crippen molar-refractivity contribution >= 4 is 29.5 Å². The van der Waals surface area contributed by atoms with Crippen molar-refractivity contribution in [1.29, 1.82) is 0 Å². The number of hydrogen-bond donors (Lipinski definition) is 2. The zero-order chi connectivity index (χ0) is 10.8. The Kier molecular flexibility index (Phi) is 3.38. The summed E-state index contributed by atoms with van der Waals surface area (Å²) in [6.07, 6.45) is 1.02.